The van der Waals surface area contributed by atoms with Gasteiger partial charge in [0.25, 0.3) is 0 Å². The van der Waals surface area contributed by atoms with Gasteiger partial charge in [-0.2, -0.15) is 0 Å². The number of ketones is 1. The summed E-state index contributed by atoms with van der Waals surface area (Å²) in [6, 6.07) is 13.5. The molecule has 0 aliphatic rings. The number of hydrogen-bond donors (Lipinski definition) is 1. The number of nitrogens with one attached hydrogen (secondary N) is 1. The molecule has 0 atom stereocenters. The van der Waals surface area contributed by atoms with Gasteiger partial charge in [0.2, 0.25) is 5.91 Å². The average molecular weight is 371 g/mol. The van der Waals surface area contributed by atoms with Crippen molar-refractivity contribution in [1.82, 2.24) is 5.32 Å². The van der Waals surface area contributed by atoms with Gasteiger partial charge in [-0.05, 0) is 67.6 Å². The Hall–Kier alpha value is -2.69. The minimum Gasteiger partial charge on any atom is -0.497 e. The maximum absolute atomic E-state index is 12.8. The number of hydrogen-bond acceptors (Lipinski definition) is 3. The minimum absolute atomic E-state index is 0.0358. The van der Waals surface area contributed by atoms with E-state index in [1.165, 1.54) is 29.8 Å². The fourth-order valence-corrected chi connectivity index (χ4v) is 2.75. The van der Waals surface area contributed by atoms with Gasteiger partial charge < -0.3 is 10.1 Å². The van der Waals surface area contributed by atoms with Gasteiger partial charge in [-0.1, -0.05) is 12.1 Å². The Morgan fingerprint density at radius 3 is 2.30 bits per heavy atom. The molecule has 0 unspecified atom stereocenters. The van der Waals surface area contributed by atoms with E-state index in [2.05, 4.69) is 17.4 Å². The molecule has 2 aromatic carbocycles. The van der Waals surface area contributed by atoms with Crippen LogP contribution in [-0.2, 0) is 11.2 Å². The van der Waals surface area contributed by atoms with Crippen LogP contribution in [0.5, 0.6) is 5.75 Å². The monoisotopic (exact) mass is 371 g/mol. The summed E-state index contributed by atoms with van der Waals surface area (Å²) in [6.45, 7) is 0.640. The highest BCUT2D eigenvalue weighted by Crippen LogP contribution is 2.13. The molecular weight excluding hydrogens is 345 g/mol. The first-order valence-electron chi connectivity index (χ1n) is 9.27. The van der Waals surface area contributed by atoms with Gasteiger partial charge in [-0.3, -0.25) is 9.59 Å². The Morgan fingerprint density at radius 1 is 0.926 bits per heavy atom. The number of aryl methyl sites for hydroxylation is 1. The number of ether oxygens (including phenoxy) is 1. The number of benzene rings is 2. The number of halogens is 1. The van der Waals surface area contributed by atoms with Crippen molar-refractivity contribution in [1.29, 1.82) is 0 Å². The lowest BCUT2D eigenvalue weighted by atomic mass is 10.1. The van der Waals surface area contributed by atoms with E-state index in [1.54, 1.807) is 7.11 Å². The van der Waals surface area contributed by atoms with Gasteiger partial charge in [0.05, 0.1) is 7.11 Å². The van der Waals surface area contributed by atoms with Crippen molar-refractivity contribution in [2.75, 3.05) is 13.7 Å². The van der Waals surface area contributed by atoms with Gasteiger partial charge in [0.15, 0.2) is 5.78 Å². The first-order chi connectivity index (χ1) is 13.1. The van der Waals surface area contributed by atoms with Gasteiger partial charge in [-0.25, -0.2) is 4.39 Å². The van der Waals surface area contributed by atoms with Crippen LogP contribution >= 0.6 is 0 Å². The molecule has 0 saturated heterocycles. The molecule has 27 heavy (non-hydrogen) atoms. The summed E-state index contributed by atoms with van der Waals surface area (Å²) in [5.41, 5.74) is 1.73. The van der Waals surface area contributed by atoms with Crippen LogP contribution in [0.1, 0.15) is 48.0 Å². The van der Waals surface area contributed by atoms with E-state index >= 15 is 0 Å². The first-order valence-corrected chi connectivity index (χ1v) is 9.27. The molecular formula is C22H26FNO3. The van der Waals surface area contributed by atoms with Crippen LogP contribution in [0.2, 0.25) is 0 Å². The molecule has 144 valence electrons. The second-order valence-corrected chi connectivity index (χ2v) is 6.44. The van der Waals surface area contributed by atoms with Crippen molar-refractivity contribution in [2.45, 2.75) is 38.5 Å². The largest absolute Gasteiger partial charge is 0.497 e. The SMILES string of the molecule is COc1ccc(CCCCNC(=O)CCCC(=O)c2ccc(F)cc2)cc1. The Morgan fingerprint density at radius 2 is 1.63 bits per heavy atom. The molecule has 1 N–H and O–H groups in total. The Bertz CT molecular complexity index is 726. The molecule has 0 spiro atoms. The molecule has 2 aromatic rings. The number of amides is 1. The summed E-state index contributed by atoms with van der Waals surface area (Å²) in [6.07, 6.45) is 3.98. The maximum atomic E-state index is 12.8. The molecule has 0 aliphatic carbocycles. The predicted octanol–water partition coefficient (Wildman–Crippen LogP) is 4.33. The van der Waals surface area contributed by atoms with Crippen LogP contribution in [-0.4, -0.2) is 25.3 Å². The summed E-state index contributed by atoms with van der Waals surface area (Å²) in [5, 5.41) is 2.89. The zero-order valence-electron chi connectivity index (χ0n) is 15.7. The number of carbonyl (C=O) groups is 2. The van der Waals surface area contributed by atoms with Gasteiger partial charge in [-0.15, -0.1) is 0 Å². The van der Waals surface area contributed by atoms with Gasteiger partial charge >= 0.3 is 0 Å². The molecule has 0 heterocycles. The van der Waals surface area contributed by atoms with Crippen molar-refractivity contribution < 1.29 is 18.7 Å². The first kappa shape index (κ1) is 20.6. The molecule has 0 saturated carbocycles. The van der Waals surface area contributed by atoms with E-state index in [1.807, 2.05) is 12.1 Å². The number of rotatable bonds is 11. The Kier molecular flexibility index (Phi) is 8.49. The molecule has 4 nitrogen and oxygen atoms in total. The van der Waals surface area contributed by atoms with Crippen LogP contribution in [0, 0.1) is 5.82 Å². The second kappa shape index (κ2) is 11.1. The fourth-order valence-electron chi connectivity index (χ4n) is 2.75. The quantitative estimate of drug-likeness (QED) is 0.473. The number of unbranched alkanes of at least 4 members (excludes halogenated alkanes) is 1. The average Bonchev–Trinajstić information content (AvgIpc) is 2.68. The van der Waals surface area contributed by atoms with Crippen molar-refractivity contribution in [2.24, 2.45) is 0 Å². The second-order valence-electron chi connectivity index (χ2n) is 6.44. The third kappa shape index (κ3) is 7.60. The van der Waals surface area contributed by atoms with Crippen molar-refractivity contribution in [3.8, 4) is 5.75 Å². The van der Waals surface area contributed by atoms with Crippen molar-refractivity contribution in [3.05, 3.63) is 65.5 Å². The lowest BCUT2D eigenvalue weighted by Crippen LogP contribution is -2.24. The van der Waals surface area contributed by atoms with E-state index in [0.717, 1.165) is 25.0 Å². The highest BCUT2D eigenvalue weighted by molar-refractivity contribution is 5.96. The highest BCUT2D eigenvalue weighted by atomic mass is 19.1. The zero-order valence-corrected chi connectivity index (χ0v) is 15.7. The van der Waals surface area contributed by atoms with Crippen molar-refractivity contribution >= 4 is 11.7 Å². The summed E-state index contributed by atoms with van der Waals surface area (Å²) in [5.74, 6) is 0.385. The molecule has 0 fully saturated rings. The Balaban J connectivity index is 1.54. The lowest BCUT2D eigenvalue weighted by molar-refractivity contribution is -0.121. The topological polar surface area (TPSA) is 55.4 Å². The van der Waals surface area contributed by atoms with Crippen LogP contribution in [0.3, 0.4) is 0 Å². The van der Waals surface area contributed by atoms with Crippen LogP contribution < -0.4 is 10.1 Å². The van der Waals surface area contributed by atoms with Gasteiger partial charge in [0.1, 0.15) is 11.6 Å². The third-order valence-electron chi connectivity index (χ3n) is 4.35. The van der Waals surface area contributed by atoms with Crippen LogP contribution in [0.15, 0.2) is 48.5 Å². The summed E-state index contributed by atoms with van der Waals surface area (Å²) in [7, 11) is 1.65. The summed E-state index contributed by atoms with van der Waals surface area (Å²) < 4.78 is 18.0. The maximum Gasteiger partial charge on any atom is 0.220 e. The summed E-state index contributed by atoms with van der Waals surface area (Å²) >= 11 is 0. The molecule has 0 aromatic heterocycles. The zero-order chi connectivity index (χ0) is 19.5. The van der Waals surface area contributed by atoms with E-state index in [9.17, 15) is 14.0 Å². The summed E-state index contributed by atoms with van der Waals surface area (Å²) in [4.78, 5) is 23.8. The molecule has 2 rings (SSSR count). The van der Waals surface area contributed by atoms with Crippen molar-refractivity contribution in [3.63, 3.8) is 0 Å². The van der Waals surface area contributed by atoms with Crippen LogP contribution in [0.4, 0.5) is 4.39 Å². The minimum atomic E-state index is -0.363. The number of Topliss-reactive ketones (excluding diaryl/α,β-unsaturated/α-hetero) is 1. The normalized spacial score (nSPS) is 10.4. The molecule has 0 aliphatic heterocycles. The predicted molar refractivity (Wildman–Crippen MR) is 104 cm³/mol. The number of methoxy groups -OCH3 is 1. The molecule has 0 radical (unpaired) electrons. The van der Waals surface area contributed by atoms with E-state index in [0.29, 0.717) is 24.9 Å². The van der Waals surface area contributed by atoms with Crippen LogP contribution in [0.25, 0.3) is 0 Å². The van der Waals surface area contributed by atoms with Gasteiger partial charge in [0, 0.05) is 24.9 Å². The van der Waals surface area contributed by atoms with E-state index in [-0.39, 0.29) is 23.9 Å². The molecule has 1 amide bonds. The standard InChI is InChI=1S/C22H26FNO3/c1-27-20-14-8-17(9-15-20)5-2-3-16-24-22(26)7-4-6-21(25)18-10-12-19(23)13-11-18/h8-15H,2-7,16H2,1H3,(H,24,26). The highest BCUT2D eigenvalue weighted by Gasteiger charge is 2.08. The number of carbonyl (C=O) groups excluding carboxylic acids is 2. The smallest absolute Gasteiger partial charge is 0.220 e. The Labute approximate surface area is 159 Å². The third-order valence-corrected chi connectivity index (χ3v) is 4.35. The molecule has 0 bridgehead atoms. The lowest BCUT2D eigenvalue weighted by Gasteiger charge is -2.06. The van der Waals surface area contributed by atoms with E-state index in [4.69, 9.17) is 4.74 Å². The fraction of sp³-hybridized carbons (Fsp3) is 0.364. The van der Waals surface area contributed by atoms with E-state index < -0.39 is 0 Å². The molecule has 5 heteroatoms.